The van der Waals surface area contributed by atoms with Crippen molar-refractivity contribution in [2.24, 2.45) is 5.92 Å². The molecule has 0 N–H and O–H groups in total. The summed E-state index contributed by atoms with van der Waals surface area (Å²) in [4.78, 5) is 12.2. The maximum Gasteiger partial charge on any atom is 0.169 e. The predicted octanol–water partition coefficient (Wildman–Crippen LogP) is 2.44. The molecule has 0 bridgehead atoms. The summed E-state index contributed by atoms with van der Waals surface area (Å²) in [6.45, 7) is 1.18. The van der Waals surface area contributed by atoms with E-state index in [2.05, 4.69) is 0 Å². The van der Waals surface area contributed by atoms with Crippen molar-refractivity contribution in [1.82, 2.24) is 0 Å². The van der Waals surface area contributed by atoms with E-state index >= 15 is 0 Å². The van der Waals surface area contributed by atoms with Gasteiger partial charge in [-0.25, -0.2) is 4.39 Å². The molecular weight excluding hydrogens is 223 g/mol. The van der Waals surface area contributed by atoms with Crippen molar-refractivity contribution in [3.05, 3.63) is 29.6 Å². The van der Waals surface area contributed by atoms with Gasteiger partial charge < -0.3 is 9.47 Å². The summed E-state index contributed by atoms with van der Waals surface area (Å²) < 4.78 is 23.5. The first-order valence-electron chi connectivity index (χ1n) is 5.68. The highest BCUT2D eigenvalue weighted by atomic mass is 19.1. The first-order valence-corrected chi connectivity index (χ1v) is 5.68. The number of Topliss-reactive ketones (excluding diaryl/α,β-unsaturated/α-hetero) is 1. The maximum absolute atomic E-state index is 13.2. The molecule has 1 fully saturated rings. The summed E-state index contributed by atoms with van der Waals surface area (Å²) in [7, 11) is 1.48. The molecule has 0 aromatic heterocycles. The van der Waals surface area contributed by atoms with Crippen LogP contribution in [0.15, 0.2) is 18.2 Å². The zero-order chi connectivity index (χ0) is 12.3. The van der Waals surface area contributed by atoms with Crippen LogP contribution in [0.1, 0.15) is 23.2 Å². The van der Waals surface area contributed by atoms with Gasteiger partial charge in [0.2, 0.25) is 0 Å². The SMILES string of the molecule is COc1ccc(F)cc1C(=O)C1CCOCC1. The highest BCUT2D eigenvalue weighted by Crippen LogP contribution is 2.26. The number of carbonyl (C=O) groups excluding carboxylic acids is 1. The standard InChI is InChI=1S/C13H15FO3/c1-16-12-3-2-10(14)8-11(12)13(15)9-4-6-17-7-5-9/h2-3,8-9H,4-7H2,1H3. The minimum Gasteiger partial charge on any atom is -0.496 e. The molecule has 1 aromatic rings. The van der Waals surface area contributed by atoms with Gasteiger partial charge in [-0.2, -0.15) is 0 Å². The van der Waals surface area contributed by atoms with Crippen LogP contribution < -0.4 is 4.74 Å². The van der Waals surface area contributed by atoms with E-state index in [4.69, 9.17) is 9.47 Å². The van der Waals surface area contributed by atoms with Crippen LogP contribution in [0.4, 0.5) is 4.39 Å². The Morgan fingerprint density at radius 3 is 2.76 bits per heavy atom. The Morgan fingerprint density at radius 2 is 2.12 bits per heavy atom. The molecule has 1 aliphatic heterocycles. The molecule has 1 aromatic carbocycles. The number of rotatable bonds is 3. The third kappa shape index (κ3) is 2.64. The first-order chi connectivity index (χ1) is 8.22. The van der Waals surface area contributed by atoms with Crippen LogP contribution in [0.5, 0.6) is 5.75 Å². The van der Waals surface area contributed by atoms with Crippen LogP contribution in [0.2, 0.25) is 0 Å². The summed E-state index contributed by atoms with van der Waals surface area (Å²) in [5.41, 5.74) is 0.333. The van der Waals surface area contributed by atoms with Gasteiger partial charge in [0.05, 0.1) is 12.7 Å². The van der Waals surface area contributed by atoms with Crippen molar-refractivity contribution in [3.8, 4) is 5.75 Å². The molecule has 1 aliphatic rings. The summed E-state index contributed by atoms with van der Waals surface area (Å²) in [6, 6.07) is 4.03. The van der Waals surface area contributed by atoms with Crippen molar-refractivity contribution in [2.75, 3.05) is 20.3 Å². The summed E-state index contributed by atoms with van der Waals surface area (Å²) in [5, 5.41) is 0. The van der Waals surface area contributed by atoms with Gasteiger partial charge >= 0.3 is 0 Å². The molecule has 2 rings (SSSR count). The van der Waals surface area contributed by atoms with Gasteiger partial charge in [-0.1, -0.05) is 0 Å². The van der Waals surface area contributed by atoms with Crippen LogP contribution >= 0.6 is 0 Å². The number of ether oxygens (including phenoxy) is 2. The average Bonchev–Trinajstić information content (AvgIpc) is 2.39. The molecular formula is C13H15FO3. The Kier molecular flexibility index (Phi) is 3.74. The van der Waals surface area contributed by atoms with Gasteiger partial charge in [0.1, 0.15) is 11.6 Å². The fraction of sp³-hybridized carbons (Fsp3) is 0.462. The molecule has 3 nitrogen and oxygen atoms in total. The quantitative estimate of drug-likeness (QED) is 0.759. The van der Waals surface area contributed by atoms with Crippen molar-refractivity contribution in [3.63, 3.8) is 0 Å². The number of hydrogen-bond donors (Lipinski definition) is 0. The minimum absolute atomic E-state index is 0.0512. The zero-order valence-corrected chi connectivity index (χ0v) is 9.74. The first kappa shape index (κ1) is 12.0. The lowest BCUT2D eigenvalue weighted by atomic mass is 9.90. The Bertz CT molecular complexity index is 411. The van der Waals surface area contributed by atoms with E-state index in [1.165, 1.54) is 25.3 Å². The molecule has 0 saturated carbocycles. The predicted molar refractivity (Wildman–Crippen MR) is 60.8 cm³/mol. The second-order valence-electron chi connectivity index (χ2n) is 4.10. The van der Waals surface area contributed by atoms with E-state index in [0.717, 1.165) is 0 Å². The van der Waals surface area contributed by atoms with E-state index in [1.807, 2.05) is 0 Å². The summed E-state index contributed by atoms with van der Waals surface area (Å²) in [5.74, 6) is -0.117. The third-order valence-corrected chi connectivity index (χ3v) is 3.02. The van der Waals surface area contributed by atoms with Gasteiger partial charge in [0, 0.05) is 19.1 Å². The molecule has 0 atom stereocenters. The number of halogens is 1. The number of hydrogen-bond acceptors (Lipinski definition) is 3. The average molecular weight is 238 g/mol. The Morgan fingerprint density at radius 1 is 1.41 bits per heavy atom. The lowest BCUT2D eigenvalue weighted by Crippen LogP contribution is -2.24. The molecule has 1 saturated heterocycles. The van der Waals surface area contributed by atoms with Crippen molar-refractivity contribution < 1.29 is 18.7 Å². The summed E-state index contributed by atoms with van der Waals surface area (Å²) in [6.07, 6.45) is 1.39. The summed E-state index contributed by atoms with van der Waals surface area (Å²) >= 11 is 0. The van der Waals surface area contributed by atoms with Gasteiger partial charge in [-0.3, -0.25) is 4.79 Å². The zero-order valence-electron chi connectivity index (χ0n) is 9.74. The smallest absolute Gasteiger partial charge is 0.169 e. The molecule has 4 heteroatoms. The largest absolute Gasteiger partial charge is 0.496 e. The number of carbonyl (C=O) groups is 1. The second-order valence-corrected chi connectivity index (χ2v) is 4.10. The monoisotopic (exact) mass is 238 g/mol. The normalized spacial score (nSPS) is 16.8. The molecule has 92 valence electrons. The highest BCUT2D eigenvalue weighted by Gasteiger charge is 2.25. The molecule has 0 amide bonds. The number of methoxy groups -OCH3 is 1. The van der Waals surface area contributed by atoms with Gasteiger partial charge in [0.15, 0.2) is 5.78 Å². The molecule has 17 heavy (non-hydrogen) atoms. The Hall–Kier alpha value is -1.42. The van der Waals surface area contributed by atoms with Crippen LogP contribution in [0.3, 0.4) is 0 Å². The Labute approximate surface area is 99.5 Å². The number of ketones is 1. The fourth-order valence-corrected chi connectivity index (χ4v) is 2.05. The molecule has 1 heterocycles. The third-order valence-electron chi connectivity index (χ3n) is 3.02. The van der Waals surface area contributed by atoms with Crippen LogP contribution in [0, 0.1) is 11.7 Å². The van der Waals surface area contributed by atoms with E-state index in [0.29, 0.717) is 37.4 Å². The maximum atomic E-state index is 13.2. The van der Waals surface area contributed by atoms with Crippen molar-refractivity contribution in [2.45, 2.75) is 12.8 Å². The van der Waals surface area contributed by atoms with Crippen molar-refractivity contribution >= 4 is 5.78 Å². The van der Waals surface area contributed by atoms with Crippen molar-refractivity contribution in [1.29, 1.82) is 0 Å². The van der Waals surface area contributed by atoms with E-state index in [-0.39, 0.29) is 11.7 Å². The lowest BCUT2D eigenvalue weighted by molar-refractivity contribution is 0.0543. The fourth-order valence-electron chi connectivity index (χ4n) is 2.05. The second kappa shape index (κ2) is 5.27. The van der Waals surface area contributed by atoms with Crippen LogP contribution in [-0.4, -0.2) is 26.1 Å². The molecule has 0 radical (unpaired) electrons. The lowest BCUT2D eigenvalue weighted by Gasteiger charge is -2.21. The minimum atomic E-state index is -0.416. The van der Waals surface area contributed by atoms with E-state index in [9.17, 15) is 9.18 Å². The van der Waals surface area contributed by atoms with E-state index < -0.39 is 5.82 Å². The number of benzene rings is 1. The van der Waals surface area contributed by atoms with Crippen LogP contribution in [-0.2, 0) is 4.74 Å². The molecule has 0 spiro atoms. The van der Waals surface area contributed by atoms with Gasteiger partial charge in [-0.15, -0.1) is 0 Å². The van der Waals surface area contributed by atoms with Gasteiger partial charge in [-0.05, 0) is 31.0 Å². The van der Waals surface area contributed by atoms with Crippen LogP contribution in [0.25, 0.3) is 0 Å². The van der Waals surface area contributed by atoms with E-state index in [1.54, 1.807) is 0 Å². The molecule has 0 unspecified atom stereocenters. The Balaban J connectivity index is 2.25. The topological polar surface area (TPSA) is 35.5 Å². The highest BCUT2D eigenvalue weighted by molar-refractivity contribution is 6.00. The molecule has 0 aliphatic carbocycles. The van der Waals surface area contributed by atoms with Gasteiger partial charge in [0.25, 0.3) is 0 Å².